The second-order valence-corrected chi connectivity index (χ2v) is 4.18. The SMILES string of the molecule is CCCCCCCCOC(=O)NCCCC. The zero-order valence-corrected chi connectivity index (χ0v) is 10.9. The van der Waals surface area contributed by atoms with Crippen LogP contribution in [0.5, 0.6) is 0 Å². The van der Waals surface area contributed by atoms with Crippen molar-refractivity contribution in [2.75, 3.05) is 13.2 Å². The molecule has 3 nitrogen and oxygen atoms in total. The van der Waals surface area contributed by atoms with E-state index in [4.69, 9.17) is 4.74 Å². The molecule has 0 fully saturated rings. The summed E-state index contributed by atoms with van der Waals surface area (Å²) in [6.07, 6.45) is 9.17. The van der Waals surface area contributed by atoms with E-state index < -0.39 is 0 Å². The third-order valence-corrected chi connectivity index (χ3v) is 2.53. The van der Waals surface area contributed by atoms with Gasteiger partial charge in [0.15, 0.2) is 0 Å². The number of ether oxygens (including phenoxy) is 1. The van der Waals surface area contributed by atoms with Crippen LogP contribution in [0, 0.1) is 0 Å². The van der Waals surface area contributed by atoms with Crippen molar-refractivity contribution in [2.24, 2.45) is 0 Å². The Bertz CT molecular complexity index is 160. The Kier molecular flexibility index (Phi) is 11.8. The van der Waals surface area contributed by atoms with Gasteiger partial charge in [0.05, 0.1) is 6.61 Å². The zero-order chi connectivity index (χ0) is 12.1. The molecule has 1 N–H and O–H groups in total. The van der Waals surface area contributed by atoms with Crippen molar-refractivity contribution in [3.63, 3.8) is 0 Å². The quantitative estimate of drug-likeness (QED) is 0.577. The van der Waals surface area contributed by atoms with Gasteiger partial charge in [-0.2, -0.15) is 0 Å². The predicted molar refractivity (Wildman–Crippen MR) is 67.6 cm³/mol. The van der Waals surface area contributed by atoms with Crippen LogP contribution < -0.4 is 5.32 Å². The molecule has 0 atom stereocenters. The Morgan fingerprint density at radius 1 is 0.938 bits per heavy atom. The standard InChI is InChI=1S/C13H27NO2/c1-3-5-7-8-9-10-12-16-13(15)14-11-6-4-2/h3-12H2,1-2H3,(H,14,15). The number of carbonyl (C=O) groups excluding carboxylic acids is 1. The number of unbranched alkanes of at least 4 members (excludes halogenated alkanes) is 6. The van der Waals surface area contributed by atoms with Gasteiger partial charge in [0.2, 0.25) is 0 Å². The van der Waals surface area contributed by atoms with Gasteiger partial charge in [0.25, 0.3) is 0 Å². The predicted octanol–water partition coefficient (Wildman–Crippen LogP) is 3.87. The van der Waals surface area contributed by atoms with Gasteiger partial charge in [-0.1, -0.05) is 52.4 Å². The molecule has 0 radical (unpaired) electrons. The highest BCUT2D eigenvalue weighted by atomic mass is 16.5. The number of hydrogen-bond acceptors (Lipinski definition) is 2. The second-order valence-electron chi connectivity index (χ2n) is 4.18. The lowest BCUT2D eigenvalue weighted by atomic mass is 10.1. The van der Waals surface area contributed by atoms with E-state index in [1.165, 1.54) is 32.1 Å². The smallest absolute Gasteiger partial charge is 0.407 e. The summed E-state index contributed by atoms with van der Waals surface area (Å²) in [4.78, 5) is 11.1. The minimum Gasteiger partial charge on any atom is -0.450 e. The average molecular weight is 229 g/mol. The molecule has 96 valence electrons. The van der Waals surface area contributed by atoms with E-state index in [9.17, 15) is 4.79 Å². The molecular formula is C13H27NO2. The molecule has 0 heterocycles. The van der Waals surface area contributed by atoms with Crippen molar-refractivity contribution in [2.45, 2.75) is 65.2 Å². The molecule has 0 rings (SSSR count). The van der Waals surface area contributed by atoms with Crippen molar-refractivity contribution in [3.05, 3.63) is 0 Å². The van der Waals surface area contributed by atoms with E-state index in [2.05, 4.69) is 19.2 Å². The van der Waals surface area contributed by atoms with Gasteiger partial charge in [-0.05, 0) is 12.8 Å². The van der Waals surface area contributed by atoms with E-state index in [0.717, 1.165) is 25.8 Å². The number of carbonyl (C=O) groups is 1. The number of nitrogens with one attached hydrogen (secondary N) is 1. The molecule has 0 aromatic rings. The first-order chi connectivity index (χ1) is 7.81. The van der Waals surface area contributed by atoms with Crippen molar-refractivity contribution in [3.8, 4) is 0 Å². The molecule has 16 heavy (non-hydrogen) atoms. The Labute approximate surface area is 99.9 Å². The Morgan fingerprint density at radius 2 is 1.56 bits per heavy atom. The molecule has 0 unspecified atom stereocenters. The molecule has 1 amide bonds. The molecule has 0 aliphatic carbocycles. The summed E-state index contributed by atoms with van der Waals surface area (Å²) in [5, 5.41) is 2.73. The van der Waals surface area contributed by atoms with Crippen LogP contribution in [0.3, 0.4) is 0 Å². The summed E-state index contributed by atoms with van der Waals surface area (Å²) in [6, 6.07) is 0. The summed E-state index contributed by atoms with van der Waals surface area (Å²) < 4.78 is 5.05. The summed E-state index contributed by atoms with van der Waals surface area (Å²) in [6.45, 7) is 5.60. The molecule has 0 spiro atoms. The Morgan fingerprint density at radius 3 is 2.25 bits per heavy atom. The second kappa shape index (κ2) is 12.3. The lowest BCUT2D eigenvalue weighted by molar-refractivity contribution is 0.143. The van der Waals surface area contributed by atoms with Crippen molar-refractivity contribution >= 4 is 6.09 Å². The van der Waals surface area contributed by atoms with E-state index in [1.54, 1.807) is 0 Å². The first-order valence-corrected chi connectivity index (χ1v) is 6.71. The van der Waals surface area contributed by atoms with Crippen LogP contribution in [0.15, 0.2) is 0 Å². The Hall–Kier alpha value is -0.730. The fourth-order valence-corrected chi connectivity index (χ4v) is 1.47. The molecule has 0 saturated carbocycles. The highest BCUT2D eigenvalue weighted by Crippen LogP contribution is 2.04. The summed E-state index contributed by atoms with van der Waals surface area (Å²) in [5.74, 6) is 0. The average Bonchev–Trinajstić information content (AvgIpc) is 2.28. The highest BCUT2D eigenvalue weighted by molar-refractivity contribution is 5.66. The molecule has 0 saturated heterocycles. The lowest BCUT2D eigenvalue weighted by Gasteiger charge is -2.06. The molecule has 3 heteroatoms. The van der Waals surface area contributed by atoms with E-state index in [-0.39, 0.29) is 6.09 Å². The third-order valence-electron chi connectivity index (χ3n) is 2.53. The maximum absolute atomic E-state index is 11.1. The molecular weight excluding hydrogens is 202 g/mol. The minimum absolute atomic E-state index is 0.262. The summed E-state index contributed by atoms with van der Waals surface area (Å²) >= 11 is 0. The number of rotatable bonds is 10. The van der Waals surface area contributed by atoms with E-state index in [1.807, 2.05) is 0 Å². The third kappa shape index (κ3) is 11.3. The first-order valence-electron chi connectivity index (χ1n) is 6.71. The molecule has 0 aliphatic rings. The van der Waals surface area contributed by atoms with Gasteiger partial charge in [-0.3, -0.25) is 0 Å². The van der Waals surface area contributed by atoms with Gasteiger partial charge < -0.3 is 10.1 Å². The molecule has 0 aromatic carbocycles. The molecule has 0 aliphatic heterocycles. The molecule has 0 aromatic heterocycles. The number of amides is 1. The van der Waals surface area contributed by atoms with Crippen LogP contribution in [-0.2, 0) is 4.74 Å². The lowest BCUT2D eigenvalue weighted by Crippen LogP contribution is -2.25. The van der Waals surface area contributed by atoms with Gasteiger partial charge in [-0.25, -0.2) is 4.79 Å². The number of hydrogen-bond donors (Lipinski definition) is 1. The van der Waals surface area contributed by atoms with E-state index >= 15 is 0 Å². The topological polar surface area (TPSA) is 38.3 Å². The molecule has 0 bridgehead atoms. The largest absolute Gasteiger partial charge is 0.450 e. The van der Waals surface area contributed by atoms with Gasteiger partial charge in [0.1, 0.15) is 0 Å². The fraction of sp³-hybridized carbons (Fsp3) is 0.923. The van der Waals surface area contributed by atoms with Crippen LogP contribution >= 0.6 is 0 Å². The fourth-order valence-electron chi connectivity index (χ4n) is 1.47. The van der Waals surface area contributed by atoms with Crippen LogP contribution in [0.4, 0.5) is 4.79 Å². The zero-order valence-electron chi connectivity index (χ0n) is 10.9. The Balaban J connectivity index is 3.09. The summed E-state index contributed by atoms with van der Waals surface area (Å²) in [7, 11) is 0. The van der Waals surface area contributed by atoms with Gasteiger partial charge >= 0.3 is 6.09 Å². The van der Waals surface area contributed by atoms with Crippen molar-refractivity contribution in [1.82, 2.24) is 5.32 Å². The normalized spacial score (nSPS) is 10.1. The van der Waals surface area contributed by atoms with E-state index in [0.29, 0.717) is 6.61 Å². The maximum Gasteiger partial charge on any atom is 0.407 e. The van der Waals surface area contributed by atoms with Crippen molar-refractivity contribution < 1.29 is 9.53 Å². The monoisotopic (exact) mass is 229 g/mol. The number of alkyl carbamates (subject to hydrolysis) is 1. The van der Waals surface area contributed by atoms with Gasteiger partial charge in [-0.15, -0.1) is 0 Å². The minimum atomic E-state index is -0.262. The maximum atomic E-state index is 11.1. The summed E-state index contributed by atoms with van der Waals surface area (Å²) in [5.41, 5.74) is 0. The first kappa shape index (κ1) is 15.3. The van der Waals surface area contributed by atoms with Crippen LogP contribution in [-0.4, -0.2) is 19.2 Å². The highest BCUT2D eigenvalue weighted by Gasteiger charge is 1.99. The van der Waals surface area contributed by atoms with Crippen LogP contribution in [0.2, 0.25) is 0 Å². The van der Waals surface area contributed by atoms with Crippen LogP contribution in [0.1, 0.15) is 65.2 Å². The van der Waals surface area contributed by atoms with Crippen molar-refractivity contribution in [1.29, 1.82) is 0 Å². The van der Waals surface area contributed by atoms with Crippen LogP contribution in [0.25, 0.3) is 0 Å². The van der Waals surface area contributed by atoms with Gasteiger partial charge in [0, 0.05) is 6.54 Å².